The first-order chi connectivity index (χ1) is 18.9. The molecule has 0 bridgehead atoms. The number of esters is 1. The number of anilines is 2. The molecule has 10 nitrogen and oxygen atoms in total. The second-order valence-electron chi connectivity index (χ2n) is 9.04. The van der Waals surface area contributed by atoms with Gasteiger partial charge in [0.1, 0.15) is 11.6 Å². The van der Waals surface area contributed by atoms with Gasteiger partial charge >= 0.3 is 5.97 Å². The number of rotatable bonds is 10. The molecule has 0 atom stereocenters. The van der Waals surface area contributed by atoms with Gasteiger partial charge in [-0.15, -0.1) is 0 Å². The first-order valence-electron chi connectivity index (χ1n) is 12.1. The summed E-state index contributed by atoms with van der Waals surface area (Å²) in [5.41, 5.74) is -0.734. The van der Waals surface area contributed by atoms with Crippen molar-refractivity contribution in [2.45, 2.75) is 41.5 Å². The molecule has 0 heterocycles. The van der Waals surface area contributed by atoms with Gasteiger partial charge in [0.2, 0.25) is 0 Å². The van der Waals surface area contributed by atoms with Crippen LogP contribution in [0.25, 0.3) is 0 Å². The molecule has 1 aliphatic rings. The Morgan fingerprint density at radius 2 is 1.20 bits per heavy atom. The van der Waals surface area contributed by atoms with Crippen LogP contribution in [0.3, 0.4) is 0 Å². The summed E-state index contributed by atoms with van der Waals surface area (Å²) in [6.45, 7) is -0.600. The van der Waals surface area contributed by atoms with E-state index in [2.05, 4.69) is 14.8 Å². The number of hydrogen-bond acceptors (Lipinski definition) is 7. The molecule has 0 aromatic heterocycles. The molecule has 0 saturated heterocycles. The van der Waals surface area contributed by atoms with Gasteiger partial charge in [-0.1, -0.05) is 12.8 Å². The lowest BCUT2D eigenvalue weighted by Crippen LogP contribution is -2.35. The van der Waals surface area contributed by atoms with E-state index in [1.54, 1.807) is 0 Å². The third-order valence-corrected chi connectivity index (χ3v) is 8.77. The van der Waals surface area contributed by atoms with Crippen LogP contribution in [0.1, 0.15) is 36.0 Å². The SMILES string of the molecule is O=C(COC(=O)c1cc(NS(=O)(=O)c2ccc(F)cc2)cc(NS(=O)(=O)c2ccc(F)cc2)c1)NC1CCCC1. The highest BCUT2D eigenvalue weighted by Crippen LogP contribution is 2.25. The van der Waals surface area contributed by atoms with Gasteiger partial charge in [0.05, 0.1) is 26.7 Å². The van der Waals surface area contributed by atoms with E-state index >= 15 is 0 Å². The van der Waals surface area contributed by atoms with Crippen LogP contribution in [0.5, 0.6) is 0 Å². The second-order valence-corrected chi connectivity index (χ2v) is 12.4. The molecule has 3 aromatic carbocycles. The standard InChI is InChI=1S/C26H25F2N3O7S2/c27-18-5-9-23(10-6-18)39(34,35)30-21-13-17(26(33)38-16-25(32)29-20-3-1-2-4-20)14-22(15-21)31-40(36,37)24-11-7-19(28)8-12-24/h5-15,20,30-31H,1-4,16H2,(H,29,32). The summed E-state index contributed by atoms with van der Waals surface area (Å²) in [5.74, 6) is -2.84. The monoisotopic (exact) mass is 593 g/mol. The first kappa shape index (κ1) is 29.0. The zero-order valence-corrected chi connectivity index (χ0v) is 22.5. The van der Waals surface area contributed by atoms with Crippen molar-refractivity contribution in [3.63, 3.8) is 0 Å². The summed E-state index contributed by atoms with van der Waals surface area (Å²) in [5, 5.41) is 2.76. The fourth-order valence-corrected chi connectivity index (χ4v) is 6.15. The molecule has 0 spiro atoms. The molecule has 1 saturated carbocycles. The summed E-state index contributed by atoms with van der Waals surface area (Å²) in [6.07, 6.45) is 3.63. The number of benzene rings is 3. The topological polar surface area (TPSA) is 148 Å². The van der Waals surface area contributed by atoms with E-state index in [1.807, 2.05) is 0 Å². The average molecular weight is 594 g/mol. The van der Waals surface area contributed by atoms with E-state index in [1.165, 1.54) is 0 Å². The quantitative estimate of drug-likeness (QED) is 0.303. The minimum Gasteiger partial charge on any atom is -0.452 e. The van der Waals surface area contributed by atoms with Crippen molar-refractivity contribution in [3.8, 4) is 0 Å². The number of carbonyl (C=O) groups excluding carboxylic acids is 2. The molecule has 1 amide bonds. The first-order valence-corrected chi connectivity index (χ1v) is 15.1. The van der Waals surface area contributed by atoms with Crippen LogP contribution in [-0.4, -0.2) is 41.4 Å². The molecule has 1 aliphatic carbocycles. The van der Waals surface area contributed by atoms with Crippen molar-refractivity contribution < 1.29 is 39.9 Å². The molecule has 3 N–H and O–H groups in total. The zero-order chi connectivity index (χ0) is 28.9. The summed E-state index contributed by atoms with van der Waals surface area (Å²) >= 11 is 0. The smallest absolute Gasteiger partial charge is 0.338 e. The zero-order valence-electron chi connectivity index (χ0n) is 20.9. The maximum absolute atomic E-state index is 13.3. The highest BCUT2D eigenvalue weighted by Gasteiger charge is 2.22. The van der Waals surface area contributed by atoms with Gasteiger partial charge in [0.15, 0.2) is 6.61 Å². The number of nitrogens with one attached hydrogen (secondary N) is 3. The van der Waals surface area contributed by atoms with E-state index in [0.717, 1.165) is 92.4 Å². The fourth-order valence-electron chi connectivity index (χ4n) is 4.07. The van der Waals surface area contributed by atoms with Crippen molar-refractivity contribution in [1.82, 2.24) is 5.32 Å². The molecule has 0 aliphatic heterocycles. The predicted molar refractivity (Wildman–Crippen MR) is 142 cm³/mol. The van der Waals surface area contributed by atoms with Gasteiger partial charge in [0.25, 0.3) is 26.0 Å². The van der Waals surface area contributed by atoms with Gasteiger partial charge in [0, 0.05) is 6.04 Å². The summed E-state index contributed by atoms with van der Waals surface area (Å²) in [4.78, 5) is 24.4. The minimum absolute atomic E-state index is 0.00266. The Hall–Kier alpha value is -4.04. The lowest BCUT2D eigenvalue weighted by atomic mass is 10.2. The molecule has 40 heavy (non-hydrogen) atoms. The average Bonchev–Trinajstić information content (AvgIpc) is 3.40. The van der Waals surface area contributed by atoms with Gasteiger partial charge in [-0.05, 0) is 79.6 Å². The molecule has 1 fully saturated rings. The van der Waals surface area contributed by atoms with Crippen molar-refractivity contribution >= 4 is 43.3 Å². The lowest BCUT2D eigenvalue weighted by Gasteiger charge is -2.15. The Kier molecular flexibility index (Phi) is 8.69. The molecular formula is C26H25F2N3O7S2. The molecule has 0 unspecified atom stereocenters. The van der Waals surface area contributed by atoms with E-state index < -0.39 is 50.2 Å². The van der Waals surface area contributed by atoms with Gasteiger partial charge < -0.3 is 10.1 Å². The molecular weight excluding hydrogens is 568 g/mol. The van der Waals surface area contributed by atoms with Crippen molar-refractivity contribution in [2.75, 3.05) is 16.1 Å². The van der Waals surface area contributed by atoms with Crippen LogP contribution in [-0.2, 0) is 29.6 Å². The molecule has 14 heteroatoms. The second kappa shape index (κ2) is 12.0. The highest BCUT2D eigenvalue weighted by atomic mass is 32.2. The van der Waals surface area contributed by atoms with E-state index in [4.69, 9.17) is 4.74 Å². The molecule has 3 aromatic rings. The number of hydrogen-bond donors (Lipinski definition) is 3. The predicted octanol–water partition coefficient (Wildman–Crippen LogP) is 3.78. The number of carbonyl (C=O) groups is 2. The van der Waals surface area contributed by atoms with Crippen molar-refractivity contribution in [2.24, 2.45) is 0 Å². The molecule has 4 rings (SSSR count). The largest absolute Gasteiger partial charge is 0.452 e. The molecule has 0 radical (unpaired) electrons. The summed E-state index contributed by atoms with van der Waals surface area (Å²) in [6, 6.07) is 11.2. The van der Waals surface area contributed by atoms with Crippen LogP contribution in [0.4, 0.5) is 20.2 Å². The maximum Gasteiger partial charge on any atom is 0.338 e. The Balaban J connectivity index is 1.60. The normalized spacial score (nSPS) is 13.9. The van der Waals surface area contributed by atoms with Crippen LogP contribution in [0.2, 0.25) is 0 Å². The van der Waals surface area contributed by atoms with Gasteiger partial charge in [-0.2, -0.15) is 0 Å². The number of amides is 1. The highest BCUT2D eigenvalue weighted by molar-refractivity contribution is 7.93. The van der Waals surface area contributed by atoms with Crippen LogP contribution >= 0.6 is 0 Å². The Morgan fingerprint density at radius 3 is 1.65 bits per heavy atom. The minimum atomic E-state index is -4.28. The third-order valence-electron chi connectivity index (χ3n) is 5.98. The van der Waals surface area contributed by atoms with Crippen LogP contribution in [0.15, 0.2) is 76.5 Å². The Labute approximate surface area is 229 Å². The summed E-state index contributed by atoms with van der Waals surface area (Å²) < 4.78 is 87.4. The van der Waals surface area contributed by atoms with Gasteiger partial charge in [-0.3, -0.25) is 14.2 Å². The molecule has 212 valence electrons. The van der Waals surface area contributed by atoms with Crippen LogP contribution in [0, 0.1) is 11.6 Å². The number of halogens is 2. The maximum atomic E-state index is 13.3. The number of ether oxygens (including phenoxy) is 1. The van der Waals surface area contributed by atoms with Crippen LogP contribution < -0.4 is 14.8 Å². The number of sulfonamides is 2. The van der Waals surface area contributed by atoms with Gasteiger partial charge in [-0.25, -0.2) is 30.4 Å². The van der Waals surface area contributed by atoms with E-state index in [9.17, 15) is 35.2 Å². The van der Waals surface area contributed by atoms with Crippen molar-refractivity contribution in [3.05, 3.63) is 83.9 Å². The van der Waals surface area contributed by atoms with E-state index in [0.29, 0.717) is 0 Å². The lowest BCUT2D eigenvalue weighted by molar-refractivity contribution is -0.124. The van der Waals surface area contributed by atoms with E-state index in [-0.39, 0.29) is 32.8 Å². The summed E-state index contributed by atoms with van der Waals surface area (Å²) in [7, 11) is -8.56. The fraction of sp³-hybridized carbons (Fsp3) is 0.231. The Bertz CT molecular complexity index is 1510. The Morgan fingerprint density at radius 1 is 0.750 bits per heavy atom. The van der Waals surface area contributed by atoms with Crippen molar-refractivity contribution in [1.29, 1.82) is 0 Å². The third kappa shape index (κ3) is 7.54.